The molecular formula is C27H33FN2O6S. The minimum Gasteiger partial charge on any atom is -0.444 e. The highest BCUT2D eigenvalue weighted by Gasteiger charge is 2.44. The van der Waals surface area contributed by atoms with Crippen molar-refractivity contribution in [3.8, 4) is 0 Å². The third-order valence-electron chi connectivity index (χ3n) is 6.66. The smallest absolute Gasteiger partial charge is 0.407 e. The number of carbonyl (C=O) groups excluding carboxylic acids is 2. The number of fused-ring (bicyclic) bond motifs is 1. The van der Waals surface area contributed by atoms with Crippen LogP contribution < -0.4 is 5.32 Å². The summed E-state index contributed by atoms with van der Waals surface area (Å²) in [6, 6.07) is 12.6. The first kappa shape index (κ1) is 27.1. The SMILES string of the molecule is CC(C)(C)OC(=O)N[C@H]1C[C@H](C(=O)N2CCc3ccccc3[C@@H]2c2ccc(F)cc2)OC[C@@H]1S(C)(=O)=O. The zero-order chi connectivity index (χ0) is 27.0. The lowest BCUT2D eigenvalue weighted by Crippen LogP contribution is -2.58. The molecule has 1 fully saturated rings. The predicted molar refractivity (Wildman–Crippen MR) is 136 cm³/mol. The van der Waals surface area contributed by atoms with E-state index in [9.17, 15) is 22.4 Å². The van der Waals surface area contributed by atoms with Gasteiger partial charge in [0.25, 0.3) is 5.91 Å². The maximum absolute atomic E-state index is 13.9. The van der Waals surface area contributed by atoms with Crippen molar-refractivity contribution < 1.29 is 31.9 Å². The van der Waals surface area contributed by atoms with Crippen LogP contribution in [0, 0.1) is 5.82 Å². The van der Waals surface area contributed by atoms with Crippen LogP contribution in [0.3, 0.4) is 0 Å². The average Bonchev–Trinajstić information content (AvgIpc) is 2.81. The fourth-order valence-electron chi connectivity index (χ4n) is 4.98. The first-order chi connectivity index (χ1) is 17.3. The van der Waals surface area contributed by atoms with E-state index in [0.717, 1.165) is 22.9 Å². The molecule has 4 atom stereocenters. The third kappa shape index (κ3) is 6.30. The van der Waals surface area contributed by atoms with E-state index in [4.69, 9.17) is 9.47 Å². The van der Waals surface area contributed by atoms with E-state index in [1.807, 2.05) is 24.3 Å². The molecule has 0 spiro atoms. The van der Waals surface area contributed by atoms with E-state index in [2.05, 4.69) is 5.32 Å². The van der Waals surface area contributed by atoms with Crippen LogP contribution in [0.25, 0.3) is 0 Å². The Morgan fingerprint density at radius 1 is 1.11 bits per heavy atom. The van der Waals surface area contributed by atoms with Gasteiger partial charge in [-0.15, -0.1) is 0 Å². The lowest BCUT2D eigenvalue weighted by atomic mass is 9.87. The molecule has 1 saturated heterocycles. The van der Waals surface area contributed by atoms with Crippen molar-refractivity contribution in [2.75, 3.05) is 19.4 Å². The van der Waals surface area contributed by atoms with Gasteiger partial charge in [0, 0.05) is 19.2 Å². The molecule has 0 saturated carbocycles. The van der Waals surface area contributed by atoms with Crippen LogP contribution in [0.1, 0.15) is 49.9 Å². The fourth-order valence-corrected chi connectivity index (χ4v) is 6.08. The zero-order valence-electron chi connectivity index (χ0n) is 21.4. The number of halogens is 1. The van der Waals surface area contributed by atoms with Crippen molar-refractivity contribution in [3.63, 3.8) is 0 Å². The number of amides is 2. The molecule has 2 aliphatic heterocycles. The van der Waals surface area contributed by atoms with Crippen LogP contribution in [0.15, 0.2) is 48.5 Å². The highest BCUT2D eigenvalue weighted by atomic mass is 32.2. The topological polar surface area (TPSA) is 102 Å². The number of sulfone groups is 1. The van der Waals surface area contributed by atoms with Gasteiger partial charge >= 0.3 is 6.09 Å². The van der Waals surface area contributed by atoms with Gasteiger partial charge in [0.2, 0.25) is 0 Å². The average molecular weight is 533 g/mol. The van der Waals surface area contributed by atoms with E-state index in [1.165, 1.54) is 12.1 Å². The van der Waals surface area contributed by atoms with E-state index >= 15 is 0 Å². The Balaban J connectivity index is 1.61. The van der Waals surface area contributed by atoms with E-state index in [1.54, 1.807) is 37.8 Å². The molecule has 0 unspecified atom stereocenters. The standard InChI is InChI=1S/C27H33FN2O6S/c1-27(2,3)36-26(32)29-21-15-22(35-16-23(21)37(4,33)34)25(31)30-14-13-17-7-5-6-8-20(17)24(30)18-9-11-19(28)12-10-18/h5-12,21-24H,13-16H2,1-4H3,(H,29,32)/t21-,22+,23-,24-/m0/s1. The summed E-state index contributed by atoms with van der Waals surface area (Å²) in [5.41, 5.74) is 2.04. The van der Waals surface area contributed by atoms with E-state index in [0.29, 0.717) is 13.0 Å². The van der Waals surface area contributed by atoms with E-state index in [-0.39, 0.29) is 24.8 Å². The molecule has 200 valence electrons. The molecular weight excluding hydrogens is 499 g/mol. The Kier molecular flexibility index (Phi) is 7.62. The van der Waals surface area contributed by atoms with Crippen molar-refractivity contribution in [3.05, 3.63) is 71.0 Å². The minimum atomic E-state index is -3.59. The van der Waals surface area contributed by atoms with Gasteiger partial charge in [0.1, 0.15) is 22.8 Å². The van der Waals surface area contributed by atoms with Gasteiger partial charge < -0.3 is 19.7 Å². The second-order valence-corrected chi connectivity index (χ2v) is 12.9. The molecule has 0 aliphatic carbocycles. The normalized spacial score (nSPS) is 24.2. The van der Waals surface area contributed by atoms with Crippen LogP contribution in [0.2, 0.25) is 0 Å². The molecule has 2 aromatic carbocycles. The number of carbonyl (C=O) groups is 2. The molecule has 0 radical (unpaired) electrons. The Morgan fingerprint density at radius 2 is 1.78 bits per heavy atom. The summed E-state index contributed by atoms with van der Waals surface area (Å²) < 4.78 is 49.7. The lowest BCUT2D eigenvalue weighted by Gasteiger charge is -2.42. The number of nitrogens with zero attached hydrogens (tertiary/aromatic N) is 1. The van der Waals surface area contributed by atoms with Crippen molar-refractivity contribution >= 4 is 21.8 Å². The number of ether oxygens (including phenoxy) is 2. The molecule has 1 N–H and O–H groups in total. The second kappa shape index (κ2) is 10.4. The van der Waals surface area contributed by atoms with Gasteiger partial charge in [-0.3, -0.25) is 4.79 Å². The largest absolute Gasteiger partial charge is 0.444 e. The Morgan fingerprint density at radius 3 is 2.43 bits per heavy atom. The predicted octanol–water partition coefficient (Wildman–Crippen LogP) is 3.40. The number of hydrogen-bond acceptors (Lipinski definition) is 6. The number of hydrogen-bond donors (Lipinski definition) is 1. The molecule has 8 nitrogen and oxygen atoms in total. The minimum absolute atomic E-state index is 0.0237. The van der Waals surface area contributed by atoms with Crippen LogP contribution in [0.5, 0.6) is 0 Å². The highest BCUT2D eigenvalue weighted by Crippen LogP contribution is 2.36. The zero-order valence-corrected chi connectivity index (χ0v) is 22.3. The van der Waals surface area contributed by atoms with Crippen LogP contribution in [0.4, 0.5) is 9.18 Å². The molecule has 4 rings (SSSR count). The van der Waals surface area contributed by atoms with Gasteiger partial charge in [-0.25, -0.2) is 17.6 Å². The molecule has 2 heterocycles. The van der Waals surface area contributed by atoms with Crippen LogP contribution in [-0.2, 0) is 30.5 Å². The molecule has 0 aromatic heterocycles. The summed E-state index contributed by atoms with van der Waals surface area (Å²) in [5.74, 6) is -0.684. The molecule has 10 heteroatoms. The number of nitrogens with one attached hydrogen (secondary N) is 1. The molecule has 37 heavy (non-hydrogen) atoms. The van der Waals surface area contributed by atoms with Crippen molar-refractivity contribution in [1.29, 1.82) is 0 Å². The quantitative estimate of drug-likeness (QED) is 0.648. The number of benzene rings is 2. The molecule has 2 amide bonds. The Hall–Kier alpha value is -2.98. The van der Waals surface area contributed by atoms with Crippen LogP contribution >= 0.6 is 0 Å². The Bertz CT molecular complexity index is 1260. The molecule has 2 aromatic rings. The molecule has 2 aliphatic rings. The maximum Gasteiger partial charge on any atom is 0.407 e. The van der Waals surface area contributed by atoms with Crippen LogP contribution in [-0.4, -0.2) is 67.7 Å². The van der Waals surface area contributed by atoms with E-state index < -0.39 is 45.0 Å². The second-order valence-electron chi connectivity index (χ2n) is 10.6. The summed E-state index contributed by atoms with van der Waals surface area (Å²) in [6.45, 7) is 5.31. The summed E-state index contributed by atoms with van der Waals surface area (Å²) in [5, 5.41) is 1.64. The van der Waals surface area contributed by atoms with Gasteiger partial charge in [-0.05, 0) is 56.0 Å². The van der Waals surface area contributed by atoms with Crippen molar-refractivity contribution in [2.24, 2.45) is 0 Å². The summed E-state index contributed by atoms with van der Waals surface area (Å²) in [6.07, 6.45) is -0.0254. The van der Waals surface area contributed by atoms with Crippen molar-refractivity contribution in [1.82, 2.24) is 10.2 Å². The van der Waals surface area contributed by atoms with Gasteiger partial charge in [0.15, 0.2) is 9.84 Å². The first-order valence-electron chi connectivity index (χ1n) is 12.3. The summed E-state index contributed by atoms with van der Waals surface area (Å²) in [4.78, 5) is 28.0. The maximum atomic E-state index is 13.9. The lowest BCUT2D eigenvalue weighted by molar-refractivity contribution is -0.149. The highest BCUT2D eigenvalue weighted by molar-refractivity contribution is 7.91. The van der Waals surface area contributed by atoms with Gasteiger partial charge in [0.05, 0.1) is 18.7 Å². The number of alkyl carbamates (subject to hydrolysis) is 1. The van der Waals surface area contributed by atoms with Crippen molar-refractivity contribution in [2.45, 2.75) is 62.7 Å². The van der Waals surface area contributed by atoms with Gasteiger partial charge in [-0.1, -0.05) is 36.4 Å². The third-order valence-corrected chi connectivity index (χ3v) is 8.22. The summed E-state index contributed by atoms with van der Waals surface area (Å²) in [7, 11) is -3.59. The Labute approximate surface area is 217 Å². The first-order valence-corrected chi connectivity index (χ1v) is 14.2. The summed E-state index contributed by atoms with van der Waals surface area (Å²) >= 11 is 0. The number of rotatable bonds is 4. The molecule has 0 bridgehead atoms. The monoisotopic (exact) mass is 532 g/mol. The van der Waals surface area contributed by atoms with Gasteiger partial charge in [-0.2, -0.15) is 0 Å². The fraction of sp³-hybridized carbons (Fsp3) is 0.481.